The number of primary amides is 1. The molecule has 1 unspecified atom stereocenters. The Morgan fingerprint density at radius 3 is 3.05 bits per heavy atom. The largest absolute Gasteiger partial charge is 0.375 e. The van der Waals surface area contributed by atoms with Crippen LogP contribution in [0, 0.1) is 0 Å². The predicted octanol–water partition coefficient (Wildman–Crippen LogP) is -0.235. The molecule has 0 radical (unpaired) electrons. The fourth-order valence-electron chi connectivity index (χ4n) is 2.33. The van der Waals surface area contributed by atoms with E-state index in [-0.39, 0.29) is 31.0 Å². The van der Waals surface area contributed by atoms with Crippen LogP contribution in [0.5, 0.6) is 0 Å². The van der Waals surface area contributed by atoms with Crippen LogP contribution in [0.4, 0.5) is 5.13 Å². The van der Waals surface area contributed by atoms with E-state index in [1.54, 1.807) is 0 Å². The van der Waals surface area contributed by atoms with Crippen molar-refractivity contribution in [2.24, 2.45) is 5.73 Å². The summed E-state index contributed by atoms with van der Waals surface area (Å²) in [7, 11) is 1.87. The summed E-state index contributed by atoms with van der Waals surface area (Å²) in [5.74, 6) is -0.319. The van der Waals surface area contributed by atoms with E-state index in [9.17, 15) is 4.79 Å². The second-order valence-electron chi connectivity index (χ2n) is 5.06. The average molecular weight is 336 g/mol. The molecule has 1 fully saturated rings. The summed E-state index contributed by atoms with van der Waals surface area (Å²) in [5, 5.41) is 0.603. The number of rotatable bonds is 6. The van der Waals surface area contributed by atoms with Gasteiger partial charge in [-0.15, -0.1) is 23.7 Å². The van der Waals surface area contributed by atoms with Crippen molar-refractivity contribution < 1.29 is 9.53 Å². The lowest BCUT2D eigenvalue weighted by Crippen LogP contribution is -2.47. The Bertz CT molecular complexity index is 459. The van der Waals surface area contributed by atoms with Gasteiger partial charge in [-0.05, 0) is 7.05 Å². The van der Waals surface area contributed by atoms with E-state index in [0.717, 1.165) is 24.5 Å². The van der Waals surface area contributed by atoms with E-state index in [1.165, 1.54) is 11.3 Å². The van der Waals surface area contributed by atoms with Gasteiger partial charge in [0.15, 0.2) is 5.13 Å². The Hall–Kier alpha value is -0.930. The summed E-state index contributed by atoms with van der Waals surface area (Å²) in [6.45, 7) is 4.22. The summed E-state index contributed by atoms with van der Waals surface area (Å²) < 4.78 is 5.73. The Morgan fingerprint density at radius 2 is 2.43 bits per heavy atom. The molecule has 2 heterocycles. The number of thiazole rings is 1. The number of nitrogen functional groups attached to an aromatic ring is 1. The topological polar surface area (TPSA) is 97.7 Å². The number of halogens is 1. The summed E-state index contributed by atoms with van der Waals surface area (Å²) in [6, 6.07) is 0. The molecule has 1 amide bonds. The van der Waals surface area contributed by atoms with E-state index < -0.39 is 0 Å². The second-order valence-corrected chi connectivity index (χ2v) is 6.20. The standard InChI is InChI=1S/C12H21N5O2S.ClH/c1-16(8-11(13)18)5-9-6-17(2-3-19-9)7-10-4-15-12(14)20-10;/h4,9H,2-3,5-8H2,1H3,(H2,13,18)(H2,14,15);1H. The maximum Gasteiger partial charge on any atom is 0.231 e. The minimum atomic E-state index is -0.319. The van der Waals surface area contributed by atoms with Crippen molar-refractivity contribution in [3.63, 3.8) is 0 Å². The lowest BCUT2D eigenvalue weighted by atomic mass is 10.2. The van der Waals surface area contributed by atoms with Crippen molar-refractivity contribution in [3.05, 3.63) is 11.1 Å². The van der Waals surface area contributed by atoms with Gasteiger partial charge in [0.2, 0.25) is 5.91 Å². The van der Waals surface area contributed by atoms with Crippen LogP contribution >= 0.6 is 23.7 Å². The molecule has 7 nitrogen and oxygen atoms in total. The number of hydrogen-bond donors (Lipinski definition) is 2. The molecule has 1 aromatic heterocycles. The zero-order chi connectivity index (χ0) is 14.5. The zero-order valence-corrected chi connectivity index (χ0v) is 13.7. The van der Waals surface area contributed by atoms with Gasteiger partial charge in [0.05, 0.1) is 19.3 Å². The molecule has 1 aliphatic heterocycles. The highest BCUT2D eigenvalue weighted by molar-refractivity contribution is 7.15. The number of morpholine rings is 1. The smallest absolute Gasteiger partial charge is 0.231 e. The Balaban J connectivity index is 0.00000220. The molecule has 21 heavy (non-hydrogen) atoms. The van der Waals surface area contributed by atoms with Crippen LogP contribution in [0.2, 0.25) is 0 Å². The average Bonchev–Trinajstić information content (AvgIpc) is 2.74. The molecule has 0 aromatic carbocycles. The van der Waals surface area contributed by atoms with Crippen molar-refractivity contribution in [2.75, 3.05) is 45.6 Å². The first-order valence-electron chi connectivity index (χ1n) is 6.54. The van der Waals surface area contributed by atoms with Crippen LogP contribution in [0.3, 0.4) is 0 Å². The molecule has 2 rings (SSSR count). The van der Waals surface area contributed by atoms with E-state index in [1.807, 2.05) is 18.1 Å². The quantitative estimate of drug-likeness (QED) is 0.745. The monoisotopic (exact) mass is 335 g/mol. The molecule has 0 aliphatic carbocycles. The summed E-state index contributed by atoms with van der Waals surface area (Å²) in [6.07, 6.45) is 1.92. The number of aromatic nitrogens is 1. The van der Waals surface area contributed by atoms with Gasteiger partial charge in [-0.25, -0.2) is 4.98 Å². The Kier molecular flexibility index (Phi) is 7.33. The minimum Gasteiger partial charge on any atom is -0.375 e. The number of nitrogens with zero attached hydrogens (tertiary/aromatic N) is 3. The van der Waals surface area contributed by atoms with Gasteiger partial charge in [0, 0.05) is 37.3 Å². The molecule has 1 aromatic rings. The van der Waals surface area contributed by atoms with Crippen LogP contribution in [-0.4, -0.2) is 66.6 Å². The van der Waals surface area contributed by atoms with E-state index >= 15 is 0 Å². The van der Waals surface area contributed by atoms with Gasteiger partial charge < -0.3 is 16.2 Å². The SMILES string of the molecule is CN(CC(N)=O)CC1CN(Cc2cnc(N)s2)CCO1.Cl. The van der Waals surface area contributed by atoms with Gasteiger partial charge in [0.1, 0.15) is 0 Å². The molecule has 1 atom stereocenters. The maximum atomic E-state index is 10.9. The fourth-order valence-corrected chi connectivity index (χ4v) is 3.06. The third-order valence-electron chi connectivity index (χ3n) is 3.11. The van der Waals surface area contributed by atoms with E-state index in [4.69, 9.17) is 16.2 Å². The van der Waals surface area contributed by atoms with Crippen molar-refractivity contribution in [3.8, 4) is 0 Å². The first kappa shape index (κ1) is 18.1. The molecule has 0 spiro atoms. The van der Waals surface area contributed by atoms with Gasteiger partial charge >= 0.3 is 0 Å². The van der Waals surface area contributed by atoms with E-state index in [2.05, 4.69) is 9.88 Å². The summed E-state index contributed by atoms with van der Waals surface area (Å²) in [4.78, 5) is 20.3. The molecule has 4 N–H and O–H groups in total. The van der Waals surface area contributed by atoms with Crippen LogP contribution in [-0.2, 0) is 16.1 Å². The Labute approximate surface area is 134 Å². The molecule has 9 heteroatoms. The maximum absolute atomic E-state index is 10.9. The van der Waals surface area contributed by atoms with Crippen LogP contribution < -0.4 is 11.5 Å². The number of carbonyl (C=O) groups excluding carboxylic acids is 1. The molecular weight excluding hydrogens is 314 g/mol. The van der Waals surface area contributed by atoms with Crippen molar-refractivity contribution in [1.29, 1.82) is 0 Å². The molecular formula is C12H22ClN5O2S. The number of nitrogens with two attached hydrogens (primary N) is 2. The van der Waals surface area contributed by atoms with Crippen molar-refractivity contribution in [1.82, 2.24) is 14.8 Å². The summed E-state index contributed by atoms with van der Waals surface area (Å²) >= 11 is 1.52. The first-order chi connectivity index (χ1) is 9.52. The number of amides is 1. The third kappa shape index (κ3) is 6.15. The first-order valence-corrected chi connectivity index (χ1v) is 7.35. The van der Waals surface area contributed by atoms with Crippen LogP contribution in [0.1, 0.15) is 4.88 Å². The highest BCUT2D eigenvalue weighted by Crippen LogP contribution is 2.18. The van der Waals surface area contributed by atoms with Gasteiger partial charge in [-0.2, -0.15) is 0 Å². The molecule has 1 aliphatic rings. The van der Waals surface area contributed by atoms with Gasteiger partial charge in [-0.3, -0.25) is 14.6 Å². The minimum absolute atomic E-state index is 0. The normalized spacial score (nSPS) is 19.4. The highest BCUT2D eigenvalue weighted by atomic mass is 35.5. The van der Waals surface area contributed by atoms with Crippen molar-refractivity contribution >= 4 is 34.8 Å². The van der Waals surface area contributed by atoms with Crippen LogP contribution in [0.15, 0.2) is 6.20 Å². The van der Waals surface area contributed by atoms with Crippen LogP contribution in [0.25, 0.3) is 0 Å². The fraction of sp³-hybridized carbons (Fsp3) is 0.667. The Morgan fingerprint density at radius 1 is 1.67 bits per heavy atom. The number of hydrogen-bond acceptors (Lipinski definition) is 7. The molecule has 0 bridgehead atoms. The number of likely N-dealkylation sites (N-methyl/N-ethyl adjacent to an activating group) is 1. The van der Waals surface area contributed by atoms with Gasteiger partial charge in [0.25, 0.3) is 0 Å². The second kappa shape index (κ2) is 8.50. The third-order valence-corrected chi connectivity index (χ3v) is 3.93. The lowest BCUT2D eigenvalue weighted by Gasteiger charge is -2.34. The zero-order valence-electron chi connectivity index (χ0n) is 12.0. The number of carbonyl (C=O) groups is 1. The predicted molar refractivity (Wildman–Crippen MR) is 85.5 cm³/mol. The molecule has 1 saturated heterocycles. The lowest BCUT2D eigenvalue weighted by molar-refractivity contribution is -0.119. The number of anilines is 1. The highest BCUT2D eigenvalue weighted by Gasteiger charge is 2.22. The van der Waals surface area contributed by atoms with Gasteiger partial charge in [-0.1, -0.05) is 0 Å². The molecule has 120 valence electrons. The van der Waals surface area contributed by atoms with Crippen molar-refractivity contribution in [2.45, 2.75) is 12.6 Å². The number of ether oxygens (including phenoxy) is 1. The van der Waals surface area contributed by atoms with E-state index in [0.29, 0.717) is 18.3 Å². The molecule has 0 saturated carbocycles. The summed E-state index contributed by atoms with van der Waals surface area (Å²) in [5.41, 5.74) is 10.8.